The van der Waals surface area contributed by atoms with Crippen molar-refractivity contribution < 1.29 is 5.11 Å². The first-order chi connectivity index (χ1) is 9.48. The first-order valence-electron chi connectivity index (χ1n) is 6.74. The molecule has 0 saturated heterocycles. The van der Waals surface area contributed by atoms with E-state index in [-0.39, 0.29) is 0 Å². The zero-order valence-corrected chi connectivity index (χ0v) is 12.8. The maximum absolute atomic E-state index is 11.0. The SMILES string of the molecule is Cc1ccc2c(c1)C(O)(Cc1ccc(Cl)cc1Cl)CC2. The molecule has 1 nitrogen and oxygen atoms in total. The Labute approximate surface area is 129 Å². The zero-order valence-electron chi connectivity index (χ0n) is 11.3. The van der Waals surface area contributed by atoms with Crippen LogP contribution in [0.4, 0.5) is 0 Å². The Bertz CT molecular complexity index is 666. The number of fused-ring (bicyclic) bond motifs is 1. The van der Waals surface area contributed by atoms with Gasteiger partial charge in [-0.25, -0.2) is 0 Å². The van der Waals surface area contributed by atoms with E-state index in [9.17, 15) is 5.11 Å². The Morgan fingerprint density at radius 3 is 2.70 bits per heavy atom. The van der Waals surface area contributed by atoms with Crippen molar-refractivity contribution in [3.63, 3.8) is 0 Å². The molecule has 1 atom stereocenters. The number of aryl methyl sites for hydroxylation is 2. The second-order valence-electron chi connectivity index (χ2n) is 5.60. The smallest absolute Gasteiger partial charge is 0.0943 e. The highest BCUT2D eigenvalue weighted by Gasteiger charge is 2.37. The van der Waals surface area contributed by atoms with Crippen LogP contribution in [0, 0.1) is 6.92 Å². The molecule has 1 aliphatic carbocycles. The molecule has 2 aromatic carbocycles. The number of halogens is 2. The fraction of sp³-hybridized carbons (Fsp3) is 0.294. The molecule has 104 valence electrons. The van der Waals surface area contributed by atoms with Crippen LogP contribution in [0.3, 0.4) is 0 Å². The van der Waals surface area contributed by atoms with Gasteiger partial charge in [0.25, 0.3) is 0 Å². The van der Waals surface area contributed by atoms with Gasteiger partial charge in [-0.05, 0) is 48.6 Å². The van der Waals surface area contributed by atoms with E-state index in [2.05, 4.69) is 18.2 Å². The third-order valence-electron chi connectivity index (χ3n) is 4.07. The summed E-state index contributed by atoms with van der Waals surface area (Å²) in [5.74, 6) is 0. The van der Waals surface area contributed by atoms with Crippen molar-refractivity contribution in [2.45, 2.75) is 31.8 Å². The fourth-order valence-electron chi connectivity index (χ4n) is 2.98. The lowest BCUT2D eigenvalue weighted by Crippen LogP contribution is -2.25. The van der Waals surface area contributed by atoms with Crippen LogP contribution >= 0.6 is 23.2 Å². The molecule has 1 aliphatic rings. The lowest BCUT2D eigenvalue weighted by atomic mass is 9.88. The first kappa shape index (κ1) is 13.9. The monoisotopic (exact) mass is 306 g/mol. The largest absolute Gasteiger partial charge is 0.385 e. The number of aliphatic hydroxyl groups is 1. The molecule has 0 spiro atoms. The summed E-state index contributed by atoms with van der Waals surface area (Å²) in [4.78, 5) is 0. The normalized spacial score (nSPS) is 21.0. The quantitative estimate of drug-likeness (QED) is 0.854. The number of rotatable bonds is 2. The van der Waals surface area contributed by atoms with Gasteiger partial charge in [0.1, 0.15) is 0 Å². The molecule has 0 radical (unpaired) electrons. The third-order valence-corrected chi connectivity index (χ3v) is 4.66. The first-order valence-corrected chi connectivity index (χ1v) is 7.50. The summed E-state index contributed by atoms with van der Waals surface area (Å²) in [5, 5.41) is 12.3. The Morgan fingerprint density at radius 2 is 1.95 bits per heavy atom. The van der Waals surface area contributed by atoms with Crippen molar-refractivity contribution in [3.05, 3.63) is 68.7 Å². The molecule has 0 aromatic heterocycles. The average molecular weight is 307 g/mol. The predicted molar refractivity (Wildman–Crippen MR) is 83.6 cm³/mol. The molecule has 0 amide bonds. The summed E-state index contributed by atoms with van der Waals surface area (Å²) >= 11 is 12.2. The standard InChI is InChI=1S/C17H16Cl2O/c1-11-2-3-12-6-7-17(20,15(12)8-11)10-13-4-5-14(18)9-16(13)19/h2-5,8-9,20H,6-7,10H2,1H3. The van der Waals surface area contributed by atoms with Gasteiger partial charge in [0.2, 0.25) is 0 Å². The van der Waals surface area contributed by atoms with Gasteiger partial charge < -0.3 is 5.11 Å². The van der Waals surface area contributed by atoms with Crippen LogP contribution in [0.25, 0.3) is 0 Å². The van der Waals surface area contributed by atoms with E-state index in [4.69, 9.17) is 23.2 Å². The third kappa shape index (κ3) is 2.46. The summed E-state index contributed by atoms with van der Waals surface area (Å²) in [5.41, 5.74) is 3.57. The molecule has 0 aliphatic heterocycles. The van der Waals surface area contributed by atoms with Crippen LogP contribution in [0.5, 0.6) is 0 Å². The van der Waals surface area contributed by atoms with Crippen LogP contribution in [0.2, 0.25) is 10.0 Å². The molecular formula is C17H16Cl2O. The van der Waals surface area contributed by atoms with Gasteiger partial charge in [-0.1, -0.05) is 53.0 Å². The summed E-state index contributed by atoms with van der Waals surface area (Å²) in [6, 6.07) is 11.8. The predicted octanol–water partition coefficient (Wildman–Crippen LogP) is 4.68. The molecule has 0 bridgehead atoms. The molecule has 1 N–H and O–H groups in total. The van der Waals surface area contributed by atoms with Gasteiger partial charge in [-0.3, -0.25) is 0 Å². The Hall–Kier alpha value is -1.02. The van der Waals surface area contributed by atoms with E-state index < -0.39 is 5.60 Å². The highest BCUT2D eigenvalue weighted by atomic mass is 35.5. The van der Waals surface area contributed by atoms with Crippen molar-refractivity contribution in [2.75, 3.05) is 0 Å². The van der Waals surface area contributed by atoms with E-state index in [1.165, 1.54) is 11.1 Å². The maximum Gasteiger partial charge on any atom is 0.0943 e. The minimum atomic E-state index is -0.821. The van der Waals surface area contributed by atoms with Gasteiger partial charge in [0, 0.05) is 16.5 Å². The molecule has 20 heavy (non-hydrogen) atoms. The second kappa shape index (κ2) is 5.07. The van der Waals surface area contributed by atoms with E-state index >= 15 is 0 Å². The summed E-state index contributed by atoms with van der Waals surface area (Å²) in [7, 11) is 0. The van der Waals surface area contributed by atoms with Crippen molar-refractivity contribution in [1.29, 1.82) is 0 Å². The summed E-state index contributed by atoms with van der Waals surface area (Å²) in [6.07, 6.45) is 2.18. The summed E-state index contributed by atoms with van der Waals surface area (Å²) < 4.78 is 0. The highest BCUT2D eigenvalue weighted by Crippen LogP contribution is 2.41. The molecule has 0 fully saturated rings. The van der Waals surface area contributed by atoms with Gasteiger partial charge in [0.15, 0.2) is 0 Å². The van der Waals surface area contributed by atoms with Gasteiger partial charge in [-0.15, -0.1) is 0 Å². The molecule has 0 saturated carbocycles. The molecule has 3 heteroatoms. The Morgan fingerprint density at radius 1 is 1.15 bits per heavy atom. The zero-order chi connectivity index (χ0) is 14.3. The number of benzene rings is 2. The van der Waals surface area contributed by atoms with Gasteiger partial charge >= 0.3 is 0 Å². The van der Waals surface area contributed by atoms with E-state index in [1.54, 1.807) is 6.07 Å². The highest BCUT2D eigenvalue weighted by molar-refractivity contribution is 6.35. The van der Waals surface area contributed by atoms with Crippen molar-refractivity contribution in [2.24, 2.45) is 0 Å². The average Bonchev–Trinajstić information content (AvgIpc) is 2.71. The van der Waals surface area contributed by atoms with Crippen LogP contribution in [0.15, 0.2) is 36.4 Å². The van der Waals surface area contributed by atoms with E-state index in [0.717, 1.165) is 24.0 Å². The van der Waals surface area contributed by atoms with E-state index in [1.807, 2.05) is 19.1 Å². The lowest BCUT2D eigenvalue weighted by molar-refractivity contribution is 0.0389. The molecule has 0 heterocycles. The number of hydrogen-bond acceptors (Lipinski definition) is 1. The minimum Gasteiger partial charge on any atom is -0.385 e. The second-order valence-corrected chi connectivity index (χ2v) is 6.45. The number of hydrogen-bond donors (Lipinski definition) is 1. The van der Waals surface area contributed by atoms with Gasteiger partial charge in [-0.2, -0.15) is 0 Å². The van der Waals surface area contributed by atoms with Crippen molar-refractivity contribution in [3.8, 4) is 0 Å². The van der Waals surface area contributed by atoms with Crippen molar-refractivity contribution in [1.82, 2.24) is 0 Å². The van der Waals surface area contributed by atoms with Crippen molar-refractivity contribution >= 4 is 23.2 Å². The van der Waals surface area contributed by atoms with E-state index in [0.29, 0.717) is 16.5 Å². The molecule has 3 rings (SSSR count). The fourth-order valence-corrected chi connectivity index (χ4v) is 3.46. The molecule has 2 aromatic rings. The lowest BCUT2D eigenvalue weighted by Gasteiger charge is -2.25. The Kier molecular flexibility index (Phi) is 3.53. The minimum absolute atomic E-state index is 0.527. The molecule has 1 unspecified atom stereocenters. The van der Waals surface area contributed by atoms with Gasteiger partial charge in [0.05, 0.1) is 5.60 Å². The summed E-state index contributed by atoms with van der Waals surface area (Å²) in [6.45, 7) is 2.05. The van der Waals surface area contributed by atoms with Crippen LogP contribution in [-0.4, -0.2) is 5.11 Å². The topological polar surface area (TPSA) is 20.2 Å². The molecular weight excluding hydrogens is 291 g/mol. The van der Waals surface area contributed by atoms with Crippen LogP contribution in [0.1, 0.15) is 28.7 Å². The van der Waals surface area contributed by atoms with Crippen LogP contribution in [-0.2, 0) is 18.4 Å². The Balaban J connectivity index is 1.97. The maximum atomic E-state index is 11.0. The van der Waals surface area contributed by atoms with Crippen LogP contribution < -0.4 is 0 Å².